The number of carbonyl (C=O) groups excluding carboxylic acids is 2. The molecular weight excluding hydrogens is 346 g/mol. The van der Waals surface area contributed by atoms with Gasteiger partial charge in [0.1, 0.15) is 35.4 Å². The smallest absolute Gasteiger partial charge is 0.342 e. The van der Waals surface area contributed by atoms with Crippen LogP contribution in [0.1, 0.15) is 54.7 Å². The lowest BCUT2D eigenvalue weighted by Gasteiger charge is -2.19. The number of rotatable bonds is 10. The summed E-state index contributed by atoms with van der Waals surface area (Å²) in [6, 6.07) is 1.17. The second kappa shape index (κ2) is 10.3. The molecule has 0 saturated heterocycles. The van der Waals surface area contributed by atoms with E-state index in [1.165, 1.54) is 6.92 Å². The van der Waals surface area contributed by atoms with Crippen LogP contribution in [-0.2, 0) is 9.53 Å². The summed E-state index contributed by atoms with van der Waals surface area (Å²) in [6.07, 6.45) is -3.38. The van der Waals surface area contributed by atoms with Crippen LogP contribution in [0.4, 0.5) is 0 Å². The summed E-state index contributed by atoms with van der Waals surface area (Å²) in [5.74, 6) is -1.29. The monoisotopic (exact) mass is 373 g/mol. The molecule has 26 heavy (non-hydrogen) atoms. The lowest BCUT2D eigenvalue weighted by Crippen LogP contribution is -2.36. The molecule has 0 fully saturated rings. The molecule has 148 valence electrons. The molecule has 9 heteroatoms. The van der Waals surface area contributed by atoms with Gasteiger partial charge in [-0.2, -0.15) is 0 Å². The van der Waals surface area contributed by atoms with Crippen molar-refractivity contribution in [1.29, 1.82) is 0 Å². The molecule has 0 aliphatic heterocycles. The van der Waals surface area contributed by atoms with Crippen molar-refractivity contribution in [3.05, 3.63) is 23.2 Å². The fourth-order valence-electron chi connectivity index (χ4n) is 2.31. The number of aryl methyl sites for hydroxylation is 1. The number of furan rings is 1. The van der Waals surface area contributed by atoms with Gasteiger partial charge >= 0.3 is 5.97 Å². The Morgan fingerprint density at radius 1 is 1.23 bits per heavy atom. The number of hydrogen-bond donors (Lipinski definition) is 5. The van der Waals surface area contributed by atoms with E-state index in [2.05, 4.69) is 5.32 Å². The van der Waals surface area contributed by atoms with Gasteiger partial charge in [0.15, 0.2) is 6.61 Å². The van der Waals surface area contributed by atoms with Crippen LogP contribution in [-0.4, -0.2) is 63.8 Å². The molecule has 0 spiro atoms. The van der Waals surface area contributed by atoms with Crippen molar-refractivity contribution in [3.63, 3.8) is 0 Å². The first kappa shape index (κ1) is 22.1. The van der Waals surface area contributed by atoms with Gasteiger partial charge in [-0.25, -0.2) is 4.79 Å². The highest BCUT2D eigenvalue weighted by Gasteiger charge is 2.30. The topological polar surface area (TPSA) is 149 Å². The van der Waals surface area contributed by atoms with Crippen LogP contribution in [0.25, 0.3) is 0 Å². The van der Waals surface area contributed by atoms with Crippen LogP contribution < -0.4 is 5.32 Å². The maximum absolute atomic E-state index is 12.1. The summed E-state index contributed by atoms with van der Waals surface area (Å²) < 4.78 is 10.2. The lowest BCUT2D eigenvalue weighted by molar-refractivity contribution is -0.125. The Hall–Kier alpha value is -1.94. The van der Waals surface area contributed by atoms with Gasteiger partial charge < -0.3 is 34.9 Å². The fraction of sp³-hybridized carbons (Fsp3) is 0.647. The van der Waals surface area contributed by atoms with Crippen LogP contribution >= 0.6 is 0 Å². The molecule has 0 saturated carbocycles. The zero-order chi connectivity index (χ0) is 19.9. The Morgan fingerprint density at radius 3 is 2.38 bits per heavy atom. The van der Waals surface area contributed by atoms with E-state index in [0.29, 0.717) is 0 Å². The summed E-state index contributed by atoms with van der Waals surface area (Å²) in [4.78, 5) is 23.9. The maximum atomic E-state index is 12.1. The number of hydrogen-bond acceptors (Lipinski definition) is 8. The minimum Gasteiger partial charge on any atom is -0.463 e. The molecule has 0 aromatic carbocycles. The van der Waals surface area contributed by atoms with Crippen LogP contribution in [0, 0.1) is 6.92 Å². The Bertz CT molecular complexity index is 596. The minimum atomic E-state index is -1.69. The van der Waals surface area contributed by atoms with E-state index in [9.17, 15) is 24.9 Å². The molecular formula is C17H27NO8. The van der Waals surface area contributed by atoms with Crippen molar-refractivity contribution in [1.82, 2.24) is 5.32 Å². The number of nitrogens with one attached hydrogen (secondary N) is 1. The fourth-order valence-corrected chi connectivity index (χ4v) is 2.31. The summed E-state index contributed by atoms with van der Waals surface area (Å²) in [5, 5.41) is 40.5. The summed E-state index contributed by atoms with van der Waals surface area (Å²) in [5.41, 5.74) is -0.0138. The van der Waals surface area contributed by atoms with Crippen LogP contribution in [0.3, 0.4) is 0 Å². The van der Waals surface area contributed by atoms with Gasteiger partial charge in [-0.1, -0.05) is 13.8 Å². The van der Waals surface area contributed by atoms with Gasteiger partial charge in [-0.05, 0) is 25.8 Å². The summed E-state index contributed by atoms with van der Waals surface area (Å²) >= 11 is 0. The molecule has 0 bridgehead atoms. The third kappa shape index (κ3) is 5.80. The Kier molecular flexibility index (Phi) is 8.73. The van der Waals surface area contributed by atoms with Crippen LogP contribution in [0.5, 0.6) is 0 Å². The number of amides is 1. The molecule has 1 aromatic rings. The molecule has 0 aliphatic rings. The number of aliphatic hydroxyl groups excluding tert-OH is 4. The van der Waals surface area contributed by atoms with E-state index in [1.807, 2.05) is 13.8 Å². The SMILES string of the molecule is CCC(CC)NC(=O)COC(=O)c1cc([C@H](O)[C@@H](O)[C@@H](O)CO)oc1C. The van der Waals surface area contributed by atoms with Crippen LogP contribution in [0.2, 0.25) is 0 Å². The zero-order valence-electron chi connectivity index (χ0n) is 15.1. The molecule has 5 N–H and O–H groups in total. The molecule has 1 heterocycles. The van der Waals surface area contributed by atoms with E-state index in [0.717, 1.165) is 18.9 Å². The summed E-state index contributed by atoms with van der Waals surface area (Å²) in [7, 11) is 0. The van der Waals surface area contributed by atoms with E-state index in [1.54, 1.807) is 0 Å². The Labute approximate surface area is 151 Å². The Morgan fingerprint density at radius 2 is 1.85 bits per heavy atom. The minimum absolute atomic E-state index is 0.0121. The first-order chi connectivity index (χ1) is 12.2. The van der Waals surface area contributed by atoms with Crippen molar-refractivity contribution < 1.29 is 39.2 Å². The second-order valence-corrected chi connectivity index (χ2v) is 5.96. The predicted octanol–water partition coefficient (Wildman–Crippen LogP) is -0.203. The van der Waals surface area contributed by atoms with Gasteiger partial charge in [0.25, 0.3) is 5.91 Å². The zero-order valence-corrected chi connectivity index (χ0v) is 15.1. The molecule has 1 amide bonds. The van der Waals surface area contributed by atoms with Crippen molar-refractivity contribution >= 4 is 11.9 Å². The average molecular weight is 373 g/mol. The van der Waals surface area contributed by atoms with Crippen LogP contribution in [0.15, 0.2) is 10.5 Å². The molecule has 1 rings (SSSR count). The predicted molar refractivity (Wildman–Crippen MR) is 90.3 cm³/mol. The third-order valence-corrected chi connectivity index (χ3v) is 4.04. The number of ether oxygens (including phenoxy) is 1. The van der Waals surface area contributed by atoms with Gasteiger partial charge in [-0.3, -0.25) is 4.79 Å². The van der Waals surface area contributed by atoms with Crippen molar-refractivity contribution in [2.75, 3.05) is 13.2 Å². The summed E-state index contributed by atoms with van der Waals surface area (Å²) in [6.45, 7) is 4.11. The molecule has 0 aliphatic carbocycles. The Balaban J connectivity index is 2.71. The molecule has 1 aromatic heterocycles. The highest BCUT2D eigenvalue weighted by atomic mass is 16.5. The maximum Gasteiger partial charge on any atom is 0.342 e. The van der Waals surface area contributed by atoms with E-state index in [-0.39, 0.29) is 23.1 Å². The number of carbonyl (C=O) groups is 2. The van der Waals surface area contributed by atoms with Gasteiger partial charge in [-0.15, -0.1) is 0 Å². The third-order valence-electron chi connectivity index (χ3n) is 4.04. The molecule has 0 unspecified atom stereocenters. The lowest BCUT2D eigenvalue weighted by atomic mass is 10.1. The van der Waals surface area contributed by atoms with E-state index in [4.69, 9.17) is 14.3 Å². The van der Waals surface area contributed by atoms with Gasteiger partial charge in [0.2, 0.25) is 0 Å². The second-order valence-electron chi connectivity index (χ2n) is 5.96. The molecule has 0 radical (unpaired) electrons. The van der Waals surface area contributed by atoms with Gasteiger partial charge in [0.05, 0.1) is 6.61 Å². The average Bonchev–Trinajstić information content (AvgIpc) is 3.03. The normalized spacial score (nSPS) is 14.8. The largest absolute Gasteiger partial charge is 0.463 e. The molecule has 9 nitrogen and oxygen atoms in total. The van der Waals surface area contributed by atoms with Crippen molar-refractivity contribution in [2.45, 2.75) is 58.0 Å². The quantitative estimate of drug-likeness (QED) is 0.354. The first-order valence-corrected chi connectivity index (χ1v) is 8.46. The van der Waals surface area contributed by atoms with E-state index >= 15 is 0 Å². The van der Waals surface area contributed by atoms with Gasteiger partial charge in [0, 0.05) is 6.04 Å². The number of aliphatic hydroxyl groups is 4. The number of esters is 1. The highest BCUT2D eigenvalue weighted by Crippen LogP contribution is 2.25. The van der Waals surface area contributed by atoms with E-state index < -0.39 is 43.4 Å². The van der Waals surface area contributed by atoms with Crippen molar-refractivity contribution in [3.8, 4) is 0 Å². The standard InChI is InChI=1S/C17H27NO8/c1-4-10(5-2)18-14(21)8-25-17(24)11-6-13(26-9(11)3)16(23)15(22)12(20)7-19/h6,10,12,15-16,19-20,22-23H,4-5,7-8H2,1-3H3,(H,18,21)/t12-,15-,16-/m0/s1. The highest BCUT2D eigenvalue weighted by molar-refractivity contribution is 5.92. The first-order valence-electron chi connectivity index (χ1n) is 8.46. The van der Waals surface area contributed by atoms with Crippen molar-refractivity contribution in [2.24, 2.45) is 0 Å². The molecule has 3 atom stereocenters.